The highest BCUT2D eigenvalue weighted by atomic mass is 32.2. The Morgan fingerprint density at radius 2 is 1.72 bits per heavy atom. The van der Waals surface area contributed by atoms with Gasteiger partial charge in [0.1, 0.15) is 5.75 Å². The maximum atomic E-state index is 13.2. The molecule has 0 aliphatic heterocycles. The number of amides is 1. The van der Waals surface area contributed by atoms with Crippen LogP contribution in [0.15, 0.2) is 77.5 Å². The largest absolute Gasteiger partial charge is 0.496 e. The fourth-order valence-electron chi connectivity index (χ4n) is 3.08. The number of likely N-dealkylation sites (N-methyl/N-ethyl adjacent to an activating group) is 1. The second kappa shape index (κ2) is 11.1. The zero-order chi connectivity index (χ0) is 23.0. The second-order valence-electron chi connectivity index (χ2n) is 7.16. The van der Waals surface area contributed by atoms with E-state index in [1.165, 1.54) is 13.1 Å². The van der Waals surface area contributed by atoms with Crippen LogP contribution in [0.4, 0.5) is 0 Å². The zero-order valence-electron chi connectivity index (χ0n) is 18.0. The summed E-state index contributed by atoms with van der Waals surface area (Å²) in [6.07, 6.45) is 1.52. The van der Waals surface area contributed by atoms with Crippen molar-refractivity contribution in [1.82, 2.24) is 9.21 Å². The Morgan fingerprint density at radius 1 is 1.00 bits per heavy atom. The molecule has 0 unspecified atom stereocenters. The van der Waals surface area contributed by atoms with Gasteiger partial charge in [-0.2, -0.15) is 4.31 Å². The number of hydrogen-bond acceptors (Lipinski definition) is 5. The molecule has 3 rings (SSSR count). The third kappa shape index (κ3) is 6.53. The summed E-state index contributed by atoms with van der Waals surface area (Å²) in [7, 11) is -0.753. The molecule has 0 bridgehead atoms. The molecule has 0 saturated heterocycles. The maximum Gasteiger partial charge on any atom is 0.238 e. The number of rotatable bonds is 10. The monoisotopic (exact) mass is 470 g/mol. The molecule has 0 saturated carbocycles. The van der Waals surface area contributed by atoms with Gasteiger partial charge in [0.15, 0.2) is 0 Å². The van der Waals surface area contributed by atoms with Crippen LogP contribution < -0.4 is 4.74 Å². The Morgan fingerprint density at radius 3 is 2.41 bits per heavy atom. The van der Waals surface area contributed by atoms with Gasteiger partial charge in [0.25, 0.3) is 0 Å². The molecule has 0 aliphatic rings. The lowest BCUT2D eigenvalue weighted by Crippen LogP contribution is -2.40. The molecule has 8 heteroatoms. The molecule has 0 N–H and O–H groups in total. The number of hydrogen-bond donors (Lipinski definition) is 0. The van der Waals surface area contributed by atoms with Gasteiger partial charge in [-0.15, -0.1) is 11.3 Å². The molecule has 1 aromatic heterocycles. The van der Waals surface area contributed by atoms with Crippen molar-refractivity contribution >= 4 is 33.3 Å². The lowest BCUT2D eigenvalue weighted by atomic mass is 10.2. The number of benzene rings is 2. The first kappa shape index (κ1) is 23.7. The van der Waals surface area contributed by atoms with Gasteiger partial charge in [-0.05, 0) is 29.2 Å². The van der Waals surface area contributed by atoms with Crippen molar-refractivity contribution in [1.29, 1.82) is 0 Å². The first-order valence-corrected chi connectivity index (χ1v) is 12.4. The van der Waals surface area contributed by atoms with Crippen molar-refractivity contribution < 1.29 is 17.9 Å². The van der Waals surface area contributed by atoms with Crippen LogP contribution in [0.1, 0.15) is 16.0 Å². The summed E-state index contributed by atoms with van der Waals surface area (Å²) in [4.78, 5) is 15.8. The van der Waals surface area contributed by atoms with Crippen LogP contribution in [0, 0.1) is 0 Å². The van der Waals surface area contributed by atoms with Crippen molar-refractivity contribution in [3.8, 4) is 5.75 Å². The minimum Gasteiger partial charge on any atom is -0.496 e. The van der Waals surface area contributed by atoms with E-state index in [-0.39, 0.29) is 12.5 Å². The summed E-state index contributed by atoms with van der Waals surface area (Å²) < 4.78 is 31.9. The maximum absolute atomic E-state index is 13.2. The van der Waals surface area contributed by atoms with E-state index in [0.29, 0.717) is 18.8 Å². The van der Waals surface area contributed by atoms with Gasteiger partial charge in [-0.1, -0.05) is 54.6 Å². The molecule has 0 aliphatic carbocycles. The molecule has 168 valence electrons. The third-order valence-corrected chi connectivity index (χ3v) is 7.20. The molecular weight excluding hydrogens is 444 g/mol. The predicted molar refractivity (Wildman–Crippen MR) is 129 cm³/mol. The van der Waals surface area contributed by atoms with Gasteiger partial charge in [-0.25, -0.2) is 8.42 Å². The predicted octanol–water partition coefficient (Wildman–Crippen LogP) is 4.22. The average Bonchev–Trinajstić information content (AvgIpc) is 3.31. The Kier molecular flexibility index (Phi) is 8.21. The van der Waals surface area contributed by atoms with Crippen LogP contribution >= 0.6 is 11.3 Å². The van der Waals surface area contributed by atoms with Crippen LogP contribution in [0.3, 0.4) is 0 Å². The van der Waals surface area contributed by atoms with Crippen LogP contribution in [-0.4, -0.2) is 44.2 Å². The zero-order valence-corrected chi connectivity index (χ0v) is 19.7. The molecule has 1 amide bonds. The fourth-order valence-corrected chi connectivity index (χ4v) is 4.62. The summed E-state index contributed by atoms with van der Waals surface area (Å²) in [5.41, 5.74) is 1.63. The van der Waals surface area contributed by atoms with Crippen LogP contribution in [0.25, 0.3) is 6.08 Å². The summed E-state index contributed by atoms with van der Waals surface area (Å²) in [6.45, 7) is 0.443. The summed E-state index contributed by atoms with van der Waals surface area (Å²) >= 11 is 1.55. The van der Waals surface area contributed by atoms with Gasteiger partial charge >= 0.3 is 0 Å². The molecular formula is C24H26N2O4S2. The number of ether oxygens (including phenoxy) is 1. The molecule has 6 nitrogen and oxygen atoms in total. The van der Waals surface area contributed by atoms with Gasteiger partial charge in [0, 0.05) is 29.4 Å². The standard InChI is InChI=1S/C24H26N2O4S2/c1-25(32(28,29)16-14-20-9-4-3-5-10-20)19-24(27)26(18-22-12-8-15-31-22)17-21-11-6-7-13-23(21)30-2/h3-16H,17-19H2,1-2H3. The molecule has 0 spiro atoms. The molecule has 32 heavy (non-hydrogen) atoms. The Labute approximate surface area is 193 Å². The van der Waals surface area contributed by atoms with E-state index in [1.54, 1.807) is 23.3 Å². The molecule has 3 aromatic rings. The number of carbonyl (C=O) groups excluding carboxylic acids is 1. The van der Waals surface area contributed by atoms with Crippen LogP contribution in [-0.2, 0) is 27.9 Å². The quantitative estimate of drug-likeness (QED) is 0.445. The van der Waals surface area contributed by atoms with Gasteiger partial charge < -0.3 is 9.64 Å². The number of thiophene rings is 1. The Balaban J connectivity index is 1.75. The fraction of sp³-hybridized carbons (Fsp3) is 0.208. The lowest BCUT2D eigenvalue weighted by molar-refractivity contribution is -0.132. The van der Waals surface area contributed by atoms with E-state index in [0.717, 1.165) is 25.7 Å². The first-order valence-electron chi connectivity index (χ1n) is 10.0. The topological polar surface area (TPSA) is 66.9 Å². The highest BCUT2D eigenvalue weighted by Crippen LogP contribution is 2.22. The van der Waals surface area contributed by atoms with Gasteiger partial charge in [-0.3, -0.25) is 4.79 Å². The van der Waals surface area contributed by atoms with E-state index < -0.39 is 10.0 Å². The van der Waals surface area contributed by atoms with Crippen LogP contribution in [0.2, 0.25) is 0 Å². The van der Waals surface area contributed by atoms with Crippen molar-refractivity contribution in [2.75, 3.05) is 20.7 Å². The van der Waals surface area contributed by atoms with E-state index in [4.69, 9.17) is 4.74 Å². The number of para-hydroxylation sites is 1. The molecule has 2 aromatic carbocycles. The van der Waals surface area contributed by atoms with E-state index >= 15 is 0 Å². The summed E-state index contributed by atoms with van der Waals surface area (Å²) in [5, 5.41) is 3.07. The molecule has 0 atom stereocenters. The van der Waals surface area contributed by atoms with Gasteiger partial charge in [0.05, 0.1) is 20.2 Å². The highest BCUT2D eigenvalue weighted by Gasteiger charge is 2.23. The average molecular weight is 471 g/mol. The Hall–Kier alpha value is -2.94. The van der Waals surface area contributed by atoms with Gasteiger partial charge in [0.2, 0.25) is 15.9 Å². The number of sulfonamides is 1. The van der Waals surface area contributed by atoms with Crippen molar-refractivity contribution in [3.63, 3.8) is 0 Å². The molecule has 0 radical (unpaired) electrons. The first-order chi connectivity index (χ1) is 15.4. The van der Waals surface area contributed by atoms with Crippen molar-refractivity contribution in [2.24, 2.45) is 0 Å². The van der Waals surface area contributed by atoms with Crippen molar-refractivity contribution in [2.45, 2.75) is 13.1 Å². The Bertz CT molecular complexity index is 1140. The molecule has 1 heterocycles. The van der Waals surface area contributed by atoms with Crippen LogP contribution in [0.5, 0.6) is 5.75 Å². The normalized spacial score (nSPS) is 11.7. The second-order valence-corrected chi connectivity index (χ2v) is 10.1. The third-order valence-electron chi connectivity index (χ3n) is 4.86. The van der Waals surface area contributed by atoms with E-state index in [9.17, 15) is 13.2 Å². The number of nitrogens with zero attached hydrogens (tertiary/aromatic N) is 2. The smallest absolute Gasteiger partial charge is 0.238 e. The minimum absolute atomic E-state index is 0.262. The highest BCUT2D eigenvalue weighted by molar-refractivity contribution is 7.92. The number of carbonyl (C=O) groups is 1. The minimum atomic E-state index is -3.75. The SMILES string of the molecule is COc1ccccc1CN(Cc1cccs1)C(=O)CN(C)S(=O)(=O)C=Cc1ccccc1. The van der Waals surface area contributed by atoms with Crippen molar-refractivity contribution in [3.05, 3.63) is 93.5 Å². The lowest BCUT2D eigenvalue weighted by Gasteiger charge is -2.25. The summed E-state index contributed by atoms with van der Waals surface area (Å²) in [6, 6.07) is 20.5. The summed E-state index contributed by atoms with van der Waals surface area (Å²) in [5.74, 6) is 0.395. The van der Waals surface area contributed by atoms with E-state index in [1.807, 2.05) is 72.1 Å². The number of methoxy groups -OCH3 is 1. The molecule has 0 fully saturated rings. The van der Waals surface area contributed by atoms with E-state index in [2.05, 4.69) is 0 Å².